The second-order valence-electron chi connectivity index (χ2n) is 7.61. The van der Waals surface area contributed by atoms with Crippen LogP contribution in [0, 0.1) is 11.3 Å². The van der Waals surface area contributed by atoms with Gasteiger partial charge in [-0.15, -0.1) is 0 Å². The Balaban J connectivity index is 1.19. The fraction of sp³-hybridized carbons (Fsp3) is 0.192. The van der Waals surface area contributed by atoms with E-state index >= 15 is 0 Å². The van der Waals surface area contributed by atoms with Crippen molar-refractivity contribution in [2.75, 3.05) is 13.2 Å². The molecule has 0 saturated carbocycles. The molecule has 3 aromatic carbocycles. The van der Waals surface area contributed by atoms with Crippen LogP contribution in [0.1, 0.15) is 17.5 Å². The van der Waals surface area contributed by atoms with Crippen molar-refractivity contribution in [2.45, 2.75) is 19.1 Å². The number of hydrogen-bond donors (Lipinski definition) is 2. The van der Waals surface area contributed by atoms with Crippen molar-refractivity contribution in [1.82, 2.24) is 10.6 Å². The molecule has 7 heteroatoms. The van der Waals surface area contributed by atoms with Crippen LogP contribution in [-0.2, 0) is 11.4 Å². The highest BCUT2D eigenvalue weighted by Gasteiger charge is 2.22. The molecule has 7 nitrogen and oxygen atoms in total. The van der Waals surface area contributed by atoms with E-state index in [2.05, 4.69) is 21.9 Å². The van der Waals surface area contributed by atoms with Gasteiger partial charge < -0.3 is 20.2 Å². The molecule has 0 aliphatic carbocycles. The van der Waals surface area contributed by atoms with Gasteiger partial charge in [0.05, 0.1) is 23.9 Å². The summed E-state index contributed by atoms with van der Waals surface area (Å²) in [6, 6.07) is 26.8. The number of carbonyl (C=O) groups excluding carboxylic acids is 1. The Labute approximate surface area is 192 Å². The first kappa shape index (κ1) is 21.9. The van der Waals surface area contributed by atoms with E-state index < -0.39 is 0 Å². The Morgan fingerprint density at radius 3 is 2.52 bits per heavy atom. The second kappa shape index (κ2) is 10.8. The van der Waals surface area contributed by atoms with Crippen molar-refractivity contribution < 1.29 is 14.4 Å². The van der Waals surface area contributed by atoms with Crippen LogP contribution in [0.2, 0.25) is 0 Å². The maximum atomic E-state index is 12.1. The fourth-order valence-electron chi connectivity index (χ4n) is 3.44. The molecule has 0 bridgehead atoms. The average Bonchev–Trinajstić information content (AvgIpc) is 3.34. The minimum atomic E-state index is -0.293. The lowest BCUT2D eigenvalue weighted by atomic mass is 10.0. The fourth-order valence-corrected chi connectivity index (χ4v) is 3.44. The predicted octanol–water partition coefficient (Wildman–Crippen LogP) is 4.25. The molecule has 1 aliphatic heterocycles. The van der Waals surface area contributed by atoms with Crippen LogP contribution >= 0.6 is 0 Å². The topological polar surface area (TPSA) is 95.7 Å². The number of nitriles is 1. The Bertz CT molecular complexity index is 1150. The summed E-state index contributed by atoms with van der Waals surface area (Å²) in [6.45, 7) is 1.04. The number of ether oxygens (including phenoxy) is 1. The maximum Gasteiger partial charge on any atom is 0.315 e. The molecule has 0 radical (unpaired) electrons. The first-order valence-electron chi connectivity index (χ1n) is 10.7. The van der Waals surface area contributed by atoms with Gasteiger partial charge in [-0.05, 0) is 29.3 Å². The smallest absolute Gasteiger partial charge is 0.315 e. The molecule has 166 valence electrons. The standard InChI is InChI=1S/C26H24N4O3/c27-15-19-10-12-20(13-11-19)16-28-26(31)29-17-22-14-23(33-30-22)18-32-25-9-5-4-8-24(25)21-6-2-1-3-7-21/h1-13,23H,14,16-18H2,(H2,28,29,31). The van der Waals surface area contributed by atoms with Gasteiger partial charge in [0.25, 0.3) is 0 Å². The number of rotatable bonds is 8. The predicted molar refractivity (Wildman–Crippen MR) is 126 cm³/mol. The lowest BCUT2D eigenvalue weighted by molar-refractivity contribution is 0.0472. The summed E-state index contributed by atoms with van der Waals surface area (Å²) < 4.78 is 6.04. The molecule has 1 unspecified atom stereocenters. The quantitative estimate of drug-likeness (QED) is 0.547. The first-order chi connectivity index (χ1) is 16.2. The van der Waals surface area contributed by atoms with E-state index in [1.165, 1.54) is 0 Å². The molecule has 2 N–H and O–H groups in total. The van der Waals surface area contributed by atoms with Crippen LogP contribution in [0.5, 0.6) is 5.75 Å². The SMILES string of the molecule is N#Cc1ccc(CNC(=O)NCC2=NOC(COc3ccccc3-c3ccccc3)C2)cc1. The number of para-hydroxylation sites is 1. The highest BCUT2D eigenvalue weighted by atomic mass is 16.7. The molecule has 4 rings (SSSR count). The molecule has 33 heavy (non-hydrogen) atoms. The molecule has 2 amide bonds. The van der Waals surface area contributed by atoms with Gasteiger partial charge in [-0.2, -0.15) is 5.26 Å². The van der Waals surface area contributed by atoms with E-state index in [0.717, 1.165) is 28.2 Å². The Hall–Kier alpha value is -4.31. The maximum absolute atomic E-state index is 12.1. The van der Waals surface area contributed by atoms with Crippen molar-refractivity contribution in [3.8, 4) is 22.9 Å². The van der Waals surface area contributed by atoms with E-state index in [4.69, 9.17) is 14.8 Å². The summed E-state index contributed by atoms with van der Waals surface area (Å²) in [5, 5.41) is 18.5. The number of amides is 2. The molecule has 1 aliphatic rings. The number of urea groups is 1. The lowest BCUT2D eigenvalue weighted by Gasteiger charge is -2.14. The second-order valence-corrected chi connectivity index (χ2v) is 7.61. The molecule has 1 atom stereocenters. The number of nitrogens with one attached hydrogen (secondary N) is 2. The largest absolute Gasteiger partial charge is 0.489 e. The highest BCUT2D eigenvalue weighted by molar-refractivity contribution is 5.90. The monoisotopic (exact) mass is 440 g/mol. The molecular formula is C26H24N4O3. The molecule has 0 spiro atoms. The van der Waals surface area contributed by atoms with Crippen molar-refractivity contribution in [2.24, 2.45) is 5.16 Å². The van der Waals surface area contributed by atoms with Gasteiger partial charge in [0.2, 0.25) is 0 Å². The molecule has 0 saturated heterocycles. The first-order valence-corrected chi connectivity index (χ1v) is 10.7. The zero-order chi connectivity index (χ0) is 22.9. The summed E-state index contributed by atoms with van der Waals surface area (Å²) in [5.74, 6) is 0.793. The normalized spacial score (nSPS) is 14.5. The minimum Gasteiger partial charge on any atom is -0.489 e. The van der Waals surface area contributed by atoms with Crippen LogP contribution in [0.15, 0.2) is 84.0 Å². The minimum absolute atomic E-state index is 0.202. The Kier molecular flexibility index (Phi) is 7.18. The van der Waals surface area contributed by atoms with E-state index in [1.807, 2.05) is 66.7 Å². The number of benzene rings is 3. The van der Waals surface area contributed by atoms with Crippen LogP contribution in [0.3, 0.4) is 0 Å². The van der Waals surface area contributed by atoms with Crippen molar-refractivity contribution in [3.05, 3.63) is 90.0 Å². The highest BCUT2D eigenvalue weighted by Crippen LogP contribution is 2.30. The molecule has 0 aromatic heterocycles. The van der Waals surface area contributed by atoms with Crippen LogP contribution in [0.25, 0.3) is 11.1 Å². The van der Waals surface area contributed by atoms with Crippen LogP contribution in [-0.4, -0.2) is 31.0 Å². The number of oxime groups is 1. The van der Waals surface area contributed by atoms with E-state index in [0.29, 0.717) is 31.7 Å². The van der Waals surface area contributed by atoms with Gasteiger partial charge in [0, 0.05) is 18.5 Å². The number of hydrogen-bond acceptors (Lipinski definition) is 5. The summed E-state index contributed by atoms with van der Waals surface area (Å²) in [4.78, 5) is 17.5. The Morgan fingerprint density at radius 1 is 1.00 bits per heavy atom. The molecule has 1 heterocycles. The lowest BCUT2D eigenvalue weighted by Crippen LogP contribution is -2.38. The molecule has 3 aromatic rings. The van der Waals surface area contributed by atoms with Crippen LogP contribution in [0.4, 0.5) is 4.79 Å². The average molecular weight is 441 g/mol. The van der Waals surface area contributed by atoms with Crippen molar-refractivity contribution in [1.29, 1.82) is 5.26 Å². The zero-order valence-corrected chi connectivity index (χ0v) is 18.0. The third-order valence-electron chi connectivity index (χ3n) is 5.18. The van der Waals surface area contributed by atoms with Crippen molar-refractivity contribution >= 4 is 11.7 Å². The van der Waals surface area contributed by atoms with Gasteiger partial charge in [-0.25, -0.2) is 4.79 Å². The summed E-state index contributed by atoms with van der Waals surface area (Å²) >= 11 is 0. The van der Waals surface area contributed by atoms with Gasteiger partial charge in [-0.3, -0.25) is 0 Å². The Morgan fingerprint density at radius 2 is 1.73 bits per heavy atom. The number of nitrogens with zero attached hydrogens (tertiary/aromatic N) is 2. The molecule has 0 fully saturated rings. The number of carbonyl (C=O) groups is 1. The summed E-state index contributed by atoms with van der Waals surface area (Å²) in [6.07, 6.45) is 0.385. The van der Waals surface area contributed by atoms with Gasteiger partial charge >= 0.3 is 6.03 Å². The third kappa shape index (κ3) is 6.11. The van der Waals surface area contributed by atoms with Gasteiger partial charge in [0.15, 0.2) is 6.10 Å². The van der Waals surface area contributed by atoms with Gasteiger partial charge in [0.1, 0.15) is 12.4 Å². The zero-order valence-electron chi connectivity index (χ0n) is 18.0. The molecular weight excluding hydrogens is 416 g/mol. The van der Waals surface area contributed by atoms with Crippen molar-refractivity contribution in [3.63, 3.8) is 0 Å². The van der Waals surface area contributed by atoms with Gasteiger partial charge in [-0.1, -0.05) is 65.8 Å². The summed E-state index contributed by atoms with van der Waals surface area (Å²) in [5.41, 5.74) is 4.38. The summed E-state index contributed by atoms with van der Waals surface area (Å²) in [7, 11) is 0. The van der Waals surface area contributed by atoms with E-state index in [1.54, 1.807) is 12.1 Å². The van der Waals surface area contributed by atoms with E-state index in [-0.39, 0.29) is 12.1 Å². The van der Waals surface area contributed by atoms with Crippen LogP contribution < -0.4 is 15.4 Å². The third-order valence-corrected chi connectivity index (χ3v) is 5.18. The van der Waals surface area contributed by atoms with E-state index in [9.17, 15) is 4.79 Å².